The minimum Gasteiger partial charge on any atom is -0.337 e. The summed E-state index contributed by atoms with van der Waals surface area (Å²) in [5.74, 6) is 1.12. The fourth-order valence-corrected chi connectivity index (χ4v) is 1.57. The van der Waals surface area contributed by atoms with Crippen LogP contribution in [0.15, 0.2) is 12.4 Å². The monoisotopic (exact) mass is 224 g/mol. The van der Waals surface area contributed by atoms with Crippen LogP contribution in [0.3, 0.4) is 0 Å². The lowest BCUT2D eigenvalue weighted by Gasteiger charge is -2.24. The Hall–Kier alpha value is -0.870. The summed E-state index contributed by atoms with van der Waals surface area (Å²) >= 11 is 0. The number of aryl methyl sites for hydroxylation is 1. The van der Waals surface area contributed by atoms with Gasteiger partial charge in [-0.15, -0.1) is 0 Å². The molecule has 0 amide bonds. The van der Waals surface area contributed by atoms with Gasteiger partial charge in [0.05, 0.1) is 6.54 Å². The zero-order valence-corrected chi connectivity index (χ0v) is 10.9. The van der Waals surface area contributed by atoms with Gasteiger partial charge in [-0.25, -0.2) is 4.98 Å². The van der Waals surface area contributed by atoms with Crippen molar-refractivity contribution in [2.24, 2.45) is 7.05 Å². The van der Waals surface area contributed by atoms with E-state index in [2.05, 4.69) is 40.7 Å². The number of aromatic nitrogens is 2. The van der Waals surface area contributed by atoms with Crippen LogP contribution in [-0.2, 0) is 13.6 Å². The van der Waals surface area contributed by atoms with Crippen molar-refractivity contribution in [3.8, 4) is 0 Å². The first-order chi connectivity index (χ1) is 7.65. The van der Waals surface area contributed by atoms with Gasteiger partial charge in [-0.2, -0.15) is 0 Å². The first-order valence-electron chi connectivity index (χ1n) is 6.02. The minimum absolute atomic E-state index is 0.531. The van der Waals surface area contributed by atoms with Crippen molar-refractivity contribution in [2.75, 3.05) is 20.1 Å². The molecule has 0 aliphatic carbocycles. The lowest BCUT2D eigenvalue weighted by molar-refractivity contribution is 0.235. The van der Waals surface area contributed by atoms with Crippen molar-refractivity contribution in [3.63, 3.8) is 0 Å². The van der Waals surface area contributed by atoms with Crippen LogP contribution >= 0.6 is 0 Å². The van der Waals surface area contributed by atoms with E-state index < -0.39 is 0 Å². The Morgan fingerprint density at radius 3 is 2.88 bits per heavy atom. The van der Waals surface area contributed by atoms with Crippen LogP contribution < -0.4 is 5.32 Å². The third-order valence-corrected chi connectivity index (χ3v) is 2.93. The molecule has 1 heterocycles. The summed E-state index contributed by atoms with van der Waals surface area (Å²) in [4.78, 5) is 6.66. The van der Waals surface area contributed by atoms with Gasteiger partial charge in [0.2, 0.25) is 0 Å². The molecule has 1 aromatic rings. The molecule has 16 heavy (non-hydrogen) atoms. The molecule has 1 N–H and O–H groups in total. The van der Waals surface area contributed by atoms with E-state index in [1.807, 2.05) is 19.4 Å². The van der Waals surface area contributed by atoms with Gasteiger partial charge >= 0.3 is 0 Å². The molecule has 0 radical (unpaired) electrons. The molecule has 4 nitrogen and oxygen atoms in total. The Morgan fingerprint density at radius 1 is 1.56 bits per heavy atom. The third kappa shape index (κ3) is 3.94. The molecule has 0 bridgehead atoms. The average Bonchev–Trinajstić information content (AvgIpc) is 2.64. The zero-order valence-electron chi connectivity index (χ0n) is 10.9. The van der Waals surface area contributed by atoms with E-state index in [1.54, 1.807) is 0 Å². The van der Waals surface area contributed by atoms with Crippen LogP contribution in [0, 0.1) is 0 Å². The van der Waals surface area contributed by atoms with Gasteiger partial charge in [0.15, 0.2) is 0 Å². The molecule has 0 spiro atoms. The second-order valence-electron chi connectivity index (χ2n) is 4.42. The van der Waals surface area contributed by atoms with Gasteiger partial charge < -0.3 is 9.88 Å². The molecule has 1 aromatic heterocycles. The van der Waals surface area contributed by atoms with E-state index >= 15 is 0 Å². The van der Waals surface area contributed by atoms with Crippen LogP contribution in [0.2, 0.25) is 0 Å². The van der Waals surface area contributed by atoms with Gasteiger partial charge in [0.25, 0.3) is 0 Å². The predicted octanol–water partition coefficient (Wildman–Crippen LogP) is 1.24. The Morgan fingerprint density at radius 2 is 2.31 bits per heavy atom. The fraction of sp³-hybridized carbons (Fsp3) is 0.750. The molecule has 92 valence electrons. The number of hydrogen-bond donors (Lipinski definition) is 1. The topological polar surface area (TPSA) is 33.1 Å². The molecule has 0 aromatic carbocycles. The maximum Gasteiger partial charge on any atom is 0.122 e. The molecular formula is C12H24N4. The summed E-state index contributed by atoms with van der Waals surface area (Å²) < 4.78 is 2.07. The molecule has 0 saturated carbocycles. The molecule has 1 atom stereocenters. The molecular weight excluding hydrogens is 200 g/mol. The SMILES string of the molecule is CCCNCC(C)N(C)Cc1nccn1C. The highest BCUT2D eigenvalue weighted by molar-refractivity contribution is 4.91. The second kappa shape index (κ2) is 6.66. The van der Waals surface area contributed by atoms with Crippen LogP contribution in [0.1, 0.15) is 26.1 Å². The molecule has 0 aliphatic rings. The summed E-state index contributed by atoms with van der Waals surface area (Å²) in [5, 5.41) is 3.44. The van der Waals surface area contributed by atoms with Gasteiger partial charge in [-0.1, -0.05) is 6.92 Å². The number of imidazole rings is 1. The lowest BCUT2D eigenvalue weighted by Crippen LogP contribution is -2.38. The second-order valence-corrected chi connectivity index (χ2v) is 4.42. The first-order valence-corrected chi connectivity index (χ1v) is 6.02. The van der Waals surface area contributed by atoms with Gasteiger partial charge in [-0.3, -0.25) is 4.90 Å². The third-order valence-electron chi connectivity index (χ3n) is 2.93. The van der Waals surface area contributed by atoms with Crippen molar-refractivity contribution < 1.29 is 0 Å². The highest BCUT2D eigenvalue weighted by Crippen LogP contribution is 2.02. The van der Waals surface area contributed by atoms with Gasteiger partial charge in [0.1, 0.15) is 5.82 Å². The lowest BCUT2D eigenvalue weighted by atomic mass is 10.3. The number of hydrogen-bond acceptors (Lipinski definition) is 3. The zero-order chi connectivity index (χ0) is 12.0. The fourth-order valence-electron chi connectivity index (χ4n) is 1.57. The number of nitrogens with zero attached hydrogens (tertiary/aromatic N) is 3. The molecule has 1 rings (SSSR count). The van der Waals surface area contributed by atoms with E-state index in [0.29, 0.717) is 6.04 Å². The molecule has 4 heteroatoms. The van der Waals surface area contributed by atoms with Crippen molar-refractivity contribution in [1.29, 1.82) is 0 Å². The number of likely N-dealkylation sites (N-methyl/N-ethyl adjacent to an activating group) is 1. The Labute approximate surface area is 98.7 Å². The molecule has 0 aliphatic heterocycles. The van der Waals surface area contributed by atoms with Gasteiger partial charge in [-0.05, 0) is 26.9 Å². The average molecular weight is 224 g/mol. The van der Waals surface area contributed by atoms with E-state index in [9.17, 15) is 0 Å². The Bertz CT molecular complexity index is 295. The van der Waals surface area contributed by atoms with E-state index in [0.717, 1.165) is 25.5 Å². The quantitative estimate of drug-likeness (QED) is 0.707. The minimum atomic E-state index is 0.531. The smallest absolute Gasteiger partial charge is 0.122 e. The normalized spacial score (nSPS) is 13.3. The molecule has 1 unspecified atom stereocenters. The summed E-state index contributed by atoms with van der Waals surface area (Å²) in [7, 11) is 4.18. The van der Waals surface area contributed by atoms with E-state index in [1.165, 1.54) is 6.42 Å². The predicted molar refractivity (Wildman–Crippen MR) is 67.3 cm³/mol. The summed E-state index contributed by atoms with van der Waals surface area (Å²) in [6.45, 7) is 7.47. The summed E-state index contributed by atoms with van der Waals surface area (Å²) in [6, 6.07) is 0.531. The standard InChI is InChI=1S/C12H24N4/c1-5-6-13-9-11(2)16(4)10-12-14-7-8-15(12)3/h7-8,11,13H,5-6,9-10H2,1-4H3. The highest BCUT2D eigenvalue weighted by Gasteiger charge is 2.10. The highest BCUT2D eigenvalue weighted by atomic mass is 15.2. The van der Waals surface area contributed by atoms with E-state index in [4.69, 9.17) is 0 Å². The summed E-state index contributed by atoms with van der Waals surface area (Å²) in [5.41, 5.74) is 0. The largest absolute Gasteiger partial charge is 0.337 e. The van der Waals surface area contributed by atoms with Crippen molar-refractivity contribution in [3.05, 3.63) is 18.2 Å². The van der Waals surface area contributed by atoms with E-state index in [-0.39, 0.29) is 0 Å². The van der Waals surface area contributed by atoms with Crippen molar-refractivity contribution >= 4 is 0 Å². The van der Waals surface area contributed by atoms with Gasteiger partial charge in [0, 0.05) is 32.0 Å². The van der Waals surface area contributed by atoms with Crippen LogP contribution in [0.25, 0.3) is 0 Å². The number of rotatable bonds is 7. The first kappa shape index (κ1) is 13.2. The van der Waals surface area contributed by atoms with Crippen molar-refractivity contribution in [1.82, 2.24) is 19.8 Å². The molecule has 0 saturated heterocycles. The maximum absolute atomic E-state index is 4.34. The van der Waals surface area contributed by atoms with Crippen LogP contribution in [-0.4, -0.2) is 40.6 Å². The van der Waals surface area contributed by atoms with Crippen molar-refractivity contribution in [2.45, 2.75) is 32.9 Å². The number of nitrogens with one attached hydrogen (secondary N) is 1. The Kier molecular flexibility index (Phi) is 5.49. The molecule has 0 fully saturated rings. The summed E-state index contributed by atoms with van der Waals surface area (Å²) in [6.07, 6.45) is 5.03. The van der Waals surface area contributed by atoms with Crippen LogP contribution in [0.5, 0.6) is 0 Å². The Balaban J connectivity index is 2.34. The maximum atomic E-state index is 4.34. The van der Waals surface area contributed by atoms with Crippen LogP contribution in [0.4, 0.5) is 0 Å².